The quantitative estimate of drug-likeness (QED) is 0.503. The van der Waals surface area contributed by atoms with Gasteiger partial charge in [0.1, 0.15) is 0 Å². The van der Waals surface area contributed by atoms with Crippen molar-refractivity contribution >= 4 is 40.2 Å². The first-order chi connectivity index (χ1) is 9.49. The molecule has 0 spiro atoms. The van der Waals surface area contributed by atoms with Gasteiger partial charge in [-0.2, -0.15) is 0 Å². The molecule has 0 fully saturated rings. The van der Waals surface area contributed by atoms with Crippen LogP contribution >= 0.6 is 34.3 Å². The van der Waals surface area contributed by atoms with Gasteiger partial charge in [-0.05, 0) is 37.7 Å². The minimum atomic E-state index is -0.239. The van der Waals surface area contributed by atoms with Gasteiger partial charge in [0.05, 0.1) is 9.21 Å². The second-order valence-electron chi connectivity index (χ2n) is 4.54. The summed E-state index contributed by atoms with van der Waals surface area (Å²) in [7, 11) is 2.05. The number of hydrogen-bond acceptors (Lipinski definition) is 5. The van der Waals surface area contributed by atoms with E-state index in [1.54, 1.807) is 11.3 Å². The lowest BCUT2D eigenvalue weighted by Gasteiger charge is -2.15. The van der Waals surface area contributed by atoms with Crippen molar-refractivity contribution < 1.29 is 4.79 Å². The number of hydrogen-bond donors (Lipinski definition) is 2. The lowest BCUT2D eigenvalue weighted by molar-refractivity contribution is 0.0957. The molecule has 0 aliphatic heterocycles. The Labute approximate surface area is 131 Å². The second kappa shape index (κ2) is 6.69. The van der Waals surface area contributed by atoms with E-state index in [0.717, 1.165) is 27.9 Å². The number of aryl methyl sites for hydroxylation is 1. The molecule has 108 valence electrons. The Morgan fingerprint density at radius 2 is 2.15 bits per heavy atom. The number of nitrogens with one attached hydrogen (secondary N) is 1. The predicted molar refractivity (Wildman–Crippen MR) is 85.2 cm³/mol. The number of nitrogens with zero attached hydrogens (tertiary/aromatic N) is 1. The van der Waals surface area contributed by atoms with Crippen LogP contribution in [0.3, 0.4) is 0 Å². The predicted octanol–water partition coefficient (Wildman–Crippen LogP) is 3.01. The van der Waals surface area contributed by atoms with Crippen LogP contribution in [0.5, 0.6) is 0 Å². The van der Waals surface area contributed by atoms with Gasteiger partial charge in [0.2, 0.25) is 0 Å². The number of carbonyl (C=O) groups is 1. The van der Waals surface area contributed by atoms with Gasteiger partial charge in [0.25, 0.3) is 5.91 Å². The summed E-state index contributed by atoms with van der Waals surface area (Å²) >= 11 is 8.98. The molecule has 0 saturated heterocycles. The minimum Gasteiger partial charge on any atom is -0.297 e. The molecular formula is C13H16ClN3OS2. The van der Waals surface area contributed by atoms with Crippen molar-refractivity contribution in [3.05, 3.63) is 42.7 Å². The lowest BCUT2D eigenvalue weighted by Crippen LogP contribution is -2.29. The van der Waals surface area contributed by atoms with E-state index >= 15 is 0 Å². The van der Waals surface area contributed by atoms with Gasteiger partial charge < -0.3 is 0 Å². The summed E-state index contributed by atoms with van der Waals surface area (Å²) in [4.78, 5) is 16.7. The Bertz CT molecular complexity index is 609. The highest BCUT2D eigenvalue weighted by molar-refractivity contribution is 7.16. The Morgan fingerprint density at radius 3 is 2.75 bits per heavy atom. The maximum atomic E-state index is 11.5. The minimum absolute atomic E-state index is 0.239. The number of amides is 1. The zero-order chi connectivity index (χ0) is 14.7. The molecule has 7 heteroatoms. The van der Waals surface area contributed by atoms with Crippen molar-refractivity contribution in [2.24, 2.45) is 5.84 Å². The zero-order valence-electron chi connectivity index (χ0n) is 11.3. The van der Waals surface area contributed by atoms with Crippen LogP contribution in [0.15, 0.2) is 18.2 Å². The molecule has 2 rings (SSSR count). The van der Waals surface area contributed by atoms with Crippen LogP contribution in [-0.2, 0) is 13.1 Å². The third-order valence-electron chi connectivity index (χ3n) is 2.87. The molecule has 2 heterocycles. The number of rotatable bonds is 5. The Morgan fingerprint density at radius 1 is 1.40 bits per heavy atom. The third kappa shape index (κ3) is 3.80. The number of nitrogen functional groups attached to an aromatic ring is 1. The van der Waals surface area contributed by atoms with E-state index in [0.29, 0.717) is 4.88 Å². The van der Waals surface area contributed by atoms with Crippen molar-refractivity contribution in [1.29, 1.82) is 0 Å². The normalized spacial score (nSPS) is 11.1. The molecule has 2 aromatic rings. The molecule has 20 heavy (non-hydrogen) atoms. The smallest absolute Gasteiger partial charge is 0.275 e. The summed E-state index contributed by atoms with van der Waals surface area (Å²) in [5, 5.41) is 0. The first kappa shape index (κ1) is 15.5. The van der Waals surface area contributed by atoms with E-state index in [2.05, 4.69) is 10.3 Å². The Balaban J connectivity index is 2.02. The molecule has 0 atom stereocenters. The lowest BCUT2D eigenvalue weighted by atomic mass is 10.2. The fourth-order valence-corrected chi connectivity index (χ4v) is 4.01. The zero-order valence-corrected chi connectivity index (χ0v) is 13.7. The van der Waals surface area contributed by atoms with Crippen molar-refractivity contribution in [2.75, 3.05) is 7.05 Å². The van der Waals surface area contributed by atoms with E-state index in [4.69, 9.17) is 17.4 Å². The van der Waals surface area contributed by atoms with Crippen molar-refractivity contribution in [3.63, 3.8) is 0 Å². The van der Waals surface area contributed by atoms with E-state index in [-0.39, 0.29) is 5.91 Å². The summed E-state index contributed by atoms with van der Waals surface area (Å²) in [5.41, 5.74) is 3.31. The molecular weight excluding hydrogens is 314 g/mol. The number of halogens is 1. The first-order valence-corrected chi connectivity index (χ1v) is 8.03. The second-order valence-corrected chi connectivity index (χ2v) is 7.60. The Kier molecular flexibility index (Phi) is 5.17. The highest BCUT2D eigenvalue weighted by atomic mass is 35.5. The van der Waals surface area contributed by atoms with E-state index in [1.165, 1.54) is 16.2 Å². The van der Waals surface area contributed by atoms with Crippen LogP contribution in [0.25, 0.3) is 0 Å². The van der Waals surface area contributed by atoms with Crippen LogP contribution in [0.4, 0.5) is 0 Å². The summed E-state index contributed by atoms with van der Waals surface area (Å²) in [6.07, 6.45) is 0. The number of thiophene rings is 2. The fraction of sp³-hybridized carbons (Fsp3) is 0.308. The fourth-order valence-electron chi connectivity index (χ4n) is 1.91. The average Bonchev–Trinajstić information content (AvgIpc) is 2.96. The topological polar surface area (TPSA) is 58.4 Å². The van der Waals surface area contributed by atoms with Crippen LogP contribution in [0.1, 0.15) is 25.0 Å². The standard InChI is InChI=1S/C13H16ClN3OS2/c1-8-9(5-11(19-8)13(18)16-15)6-17(2)7-10-3-4-12(14)20-10/h3-5H,6-7,15H2,1-2H3,(H,16,18). The van der Waals surface area contributed by atoms with E-state index in [1.807, 2.05) is 32.2 Å². The SMILES string of the molecule is Cc1sc(C(=O)NN)cc1CN(C)Cc1ccc(Cl)s1. The van der Waals surface area contributed by atoms with Crippen LogP contribution in [0, 0.1) is 6.92 Å². The monoisotopic (exact) mass is 329 g/mol. The maximum absolute atomic E-state index is 11.5. The molecule has 0 radical (unpaired) electrons. The molecule has 0 aliphatic carbocycles. The third-order valence-corrected chi connectivity index (χ3v) is 5.18. The summed E-state index contributed by atoms with van der Waals surface area (Å²) < 4.78 is 0.807. The van der Waals surface area contributed by atoms with Crippen LogP contribution in [-0.4, -0.2) is 17.9 Å². The van der Waals surface area contributed by atoms with Gasteiger partial charge in [-0.25, -0.2) is 5.84 Å². The van der Waals surface area contributed by atoms with Crippen molar-refractivity contribution in [3.8, 4) is 0 Å². The van der Waals surface area contributed by atoms with Gasteiger partial charge >= 0.3 is 0 Å². The first-order valence-electron chi connectivity index (χ1n) is 6.02. The number of carbonyl (C=O) groups excluding carboxylic acids is 1. The summed E-state index contributed by atoms with van der Waals surface area (Å²) in [6, 6.07) is 5.85. The van der Waals surface area contributed by atoms with Crippen molar-refractivity contribution in [1.82, 2.24) is 10.3 Å². The van der Waals surface area contributed by atoms with Gasteiger partial charge in [-0.1, -0.05) is 11.6 Å². The molecule has 1 amide bonds. The van der Waals surface area contributed by atoms with E-state index in [9.17, 15) is 4.79 Å². The molecule has 0 aromatic carbocycles. The van der Waals surface area contributed by atoms with Gasteiger partial charge in [-0.3, -0.25) is 15.1 Å². The molecule has 0 aliphatic rings. The van der Waals surface area contributed by atoms with Crippen molar-refractivity contribution in [2.45, 2.75) is 20.0 Å². The molecule has 4 nitrogen and oxygen atoms in total. The summed E-state index contributed by atoms with van der Waals surface area (Å²) in [5.74, 6) is 4.92. The van der Waals surface area contributed by atoms with Gasteiger partial charge in [0, 0.05) is 22.8 Å². The highest BCUT2D eigenvalue weighted by Crippen LogP contribution is 2.25. The highest BCUT2D eigenvalue weighted by Gasteiger charge is 2.13. The molecule has 0 unspecified atom stereocenters. The van der Waals surface area contributed by atoms with Crippen LogP contribution in [0.2, 0.25) is 4.34 Å². The maximum Gasteiger partial charge on any atom is 0.275 e. The van der Waals surface area contributed by atoms with E-state index < -0.39 is 0 Å². The average molecular weight is 330 g/mol. The molecule has 3 N–H and O–H groups in total. The van der Waals surface area contributed by atoms with Crippen LogP contribution < -0.4 is 11.3 Å². The number of nitrogens with two attached hydrogens (primary N) is 1. The van der Waals surface area contributed by atoms with Gasteiger partial charge in [0.15, 0.2) is 0 Å². The van der Waals surface area contributed by atoms with Gasteiger partial charge in [-0.15, -0.1) is 22.7 Å². The molecule has 0 bridgehead atoms. The Hall–Kier alpha value is -0.920. The number of hydrazine groups is 1. The summed E-state index contributed by atoms with van der Waals surface area (Å²) in [6.45, 7) is 3.64. The molecule has 2 aromatic heterocycles. The molecule has 0 saturated carbocycles. The largest absolute Gasteiger partial charge is 0.297 e.